The molecule has 4 fully saturated rings. The molecule has 2 heteroatoms. The highest BCUT2D eigenvalue weighted by molar-refractivity contribution is 5.79. The molecule has 0 spiro atoms. The Bertz CT molecular complexity index is 514. The number of ketones is 1. The SMILES string of the molecule is CC(=O)[C@H]1CC[C@H]2[C@@H]3CC[C@@H]4C[C@H](CO)CC[C@]4(C)[C@H]3CC[C@]12C. The lowest BCUT2D eigenvalue weighted by atomic mass is 9.44. The molecule has 0 unspecified atom stereocenters. The van der Waals surface area contributed by atoms with E-state index in [9.17, 15) is 9.90 Å². The first-order valence-electron chi connectivity index (χ1n) is 10.5. The van der Waals surface area contributed by atoms with Gasteiger partial charge in [-0.2, -0.15) is 0 Å². The smallest absolute Gasteiger partial charge is 0.133 e. The number of hydrogen-bond donors (Lipinski definition) is 1. The van der Waals surface area contributed by atoms with Crippen LogP contribution in [0.5, 0.6) is 0 Å². The van der Waals surface area contributed by atoms with E-state index < -0.39 is 0 Å². The van der Waals surface area contributed by atoms with Crippen LogP contribution in [0.3, 0.4) is 0 Å². The second-order valence-corrected chi connectivity index (χ2v) is 10.3. The molecule has 0 radical (unpaired) electrons. The van der Waals surface area contributed by atoms with Crippen molar-refractivity contribution >= 4 is 5.78 Å². The van der Waals surface area contributed by atoms with Gasteiger partial charge in [0.2, 0.25) is 0 Å². The summed E-state index contributed by atoms with van der Waals surface area (Å²) >= 11 is 0. The Hall–Kier alpha value is -0.370. The Labute approximate surface area is 147 Å². The number of Topliss-reactive ketones (excluding diaryl/α,β-unsaturated/α-hetero) is 1. The van der Waals surface area contributed by atoms with Crippen LogP contribution in [-0.2, 0) is 4.79 Å². The van der Waals surface area contributed by atoms with Gasteiger partial charge >= 0.3 is 0 Å². The van der Waals surface area contributed by atoms with Crippen LogP contribution in [0.25, 0.3) is 0 Å². The molecular formula is C22H36O2. The molecule has 4 saturated carbocycles. The summed E-state index contributed by atoms with van der Waals surface area (Å²) in [5.41, 5.74) is 0.794. The van der Waals surface area contributed by atoms with Gasteiger partial charge in [0.15, 0.2) is 0 Å². The number of aliphatic hydroxyl groups is 1. The number of carbonyl (C=O) groups excluding carboxylic acids is 1. The molecule has 1 N–H and O–H groups in total. The summed E-state index contributed by atoms with van der Waals surface area (Å²) < 4.78 is 0. The first-order valence-corrected chi connectivity index (χ1v) is 10.5. The third kappa shape index (κ3) is 2.27. The van der Waals surface area contributed by atoms with E-state index >= 15 is 0 Å². The quantitative estimate of drug-likeness (QED) is 0.785. The van der Waals surface area contributed by atoms with Crippen molar-refractivity contribution in [1.82, 2.24) is 0 Å². The van der Waals surface area contributed by atoms with Crippen LogP contribution in [0, 0.1) is 46.3 Å². The van der Waals surface area contributed by atoms with Crippen molar-refractivity contribution in [2.45, 2.75) is 78.6 Å². The molecular weight excluding hydrogens is 296 g/mol. The predicted molar refractivity (Wildman–Crippen MR) is 96.5 cm³/mol. The van der Waals surface area contributed by atoms with Crippen molar-refractivity contribution in [3.8, 4) is 0 Å². The van der Waals surface area contributed by atoms with Gasteiger partial charge < -0.3 is 5.11 Å². The fourth-order valence-corrected chi connectivity index (χ4v) is 8.18. The maximum atomic E-state index is 12.2. The highest BCUT2D eigenvalue weighted by Crippen LogP contribution is 2.67. The van der Waals surface area contributed by atoms with Crippen molar-refractivity contribution in [1.29, 1.82) is 0 Å². The van der Waals surface area contributed by atoms with Gasteiger partial charge in [0.1, 0.15) is 5.78 Å². The molecule has 4 aliphatic rings. The van der Waals surface area contributed by atoms with Gasteiger partial charge in [0.05, 0.1) is 0 Å². The standard InChI is InChI=1S/C22H36O2/c1-14(24)18-6-7-19-17-5-4-16-12-15(13-23)8-10-21(16,2)20(17)9-11-22(18,19)3/h15-20,23H,4-13H2,1-3H3/t15-,16-,17+,18-,19+,20+,21+,22-/m1/s1. The maximum Gasteiger partial charge on any atom is 0.133 e. The zero-order valence-electron chi connectivity index (χ0n) is 15.9. The Morgan fingerprint density at radius 1 is 0.958 bits per heavy atom. The lowest BCUT2D eigenvalue weighted by Crippen LogP contribution is -2.54. The van der Waals surface area contributed by atoms with Gasteiger partial charge in [0.25, 0.3) is 0 Å². The van der Waals surface area contributed by atoms with Crippen LogP contribution in [0.4, 0.5) is 0 Å². The van der Waals surface area contributed by atoms with Crippen LogP contribution in [0.2, 0.25) is 0 Å². The van der Waals surface area contributed by atoms with E-state index in [0.717, 1.165) is 30.1 Å². The molecule has 0 aliphatic heterocycles. The Balaban J connectivity index is 1.59. The van der Waals surface area contributed by atoms with E-state index in [1.807, 2.05) is 6.92 Å². The van der Waals surface area contributed by atoms with Gasteiger partial charge in [-0.1, -0.05) is 13.8 Å². The van der Waals surface area contributed by atoms with Crippen LogP contribution < -0.4 is 0 Å². The van der Waals surface area contributed by atoms with E-state index in [1.165, 1.54) is 51.4 Å². The summed E-state index contributed by atoms with van der Waals surface area (Å²) in [7, 11) is 0. The van der Waals surface area contributed by atoms with Crippen LogP contribution in [0.1, 0.15) is 78.6 Å². The van der Waals surface area contributed by atoms with Gasteiger partial charge in [-0.25, -0.2) is 0 Å². The lowest BCUT2D eigenvalue weighted by molar-refractivity contribution is -0.136. The molecule has 0 aromatic heterocycles. The second kappa shape index (κ2) is 5.83. The second-order valence-electron chi connectivity index (χ2n) is 10.3. The molecule has 0 bridgehead atoms. The summed E-state index contributed by atoms with van der Waals surface area (Å²) in [6.45, 7) is 7.26. The van der Waals surface area contributed by atoms with Gasteiger partial charge in [-0.05, 0) is 105 Å². The van der Waals surface area contributed by atoms with Gasteiger partial charge in [-0.15, -0.1) is 0 Å². The molecule has 2 nitrogen and oxygen atoms in total. The van der Waals surface area contributed by atoms with Crippen molar-refractivity contribution in [2.24, 2.45) is 46.3 Å². The third-order valence-electron chi connectivity index (χ3n) is 9.52. The van der Waals surface area contributed by atoms with Gasteiger partial charge in [-0.3, -0.25) is 4.79 Å². The summed E-state index contributed by atoms with van der Waals surface area (Å²) in [5.74, 6) is 4.69. The molecule has 8 atom stereocenters. The number of aliphatic hydroxyl groups excluding tert-OH is 1. The topological polar surface area (TPSA) is 37.3 Å². The molecule has 24 heavy (non-hydrogen) atoms. The molecule has 0 aromatic rings. The fraction of sp³-hybridized carbons (Fsp3) is 0.955. The summed E-state index contributed by atoms with van der Waals surface area (Å²) in [6, 6.07) is 0. The van der Waals surface area contributed by atoms with E-state index in [1.54, 1.807) is 0 Å². The zero-order chi connectivity index (χ0) is 17.1. The summed E-state index contributed by atoms with van der Waals surface area (Å²) in [5, 5.41) is 9.60. The Morgan fingerprint density at radius 3 is 2.38 bits per heavy atom. The van der Waals surface area contributed by atoms with Crippen LogP contribution in [-0.4, -0.2) is 17.5 Å². The molecule has 4 rings (SSSR count). The van der Waals surface area contributed by atoms with E-state index in [0.29, 0.717) is 35.1 Å². The maximum absolute atomic E-state index is 12.2. The minimum absolute atomic E-state index is 0.290. The van der Waals surface area contributed by atoms with Crippen molar-refractivity contribution in [2.75, 3.05) is 6.61 Å². The molecule has 4 aliphatic carbocycles. The minimum atomic E-state index is 0.290. The Kier molecular flexibility index (Phi) is 4.14. The molecule has 0 aromatic carbocycles. The van der Waals surface area contributed by atoms with Crippen LogP contribution >= 0.6 is 0 Å². The molecule has 0 saturated heterocycles. The molecule has 136 valence electrons. The Morgan fingerprint density at radius 2 is 1.67 bits per heavy atom. The number of rotatable bonds is 2. The number of hydrogen-bond acceptors (Lipinski definition) is 2. The minimum Gasteiger partial charge on any atom is -0.396 e. The van der Waals surface area contributed by atoms with Crippen molar-refractivity contribution in [3.63, 3.8) is 0 Å². The predicted octanol–water partition coefficient (Wildman–Crippen LogP) is 4.84. The normalized spacial score (nSPS) is 53.8. The average Bonchev–Trinajstić information content (AvgIpc) is 2.91. The average molecular weight is 333 g/mol. The molecule has 0 amide bonds. The molecule has 0 heterocycles. The zero-order valence-corrected chi connectivity index (χ0v) is 15.9. The largest absolute Gasteiger partial charge is 0.396 e. The van der Waals surface area contributed by atoms with Crippen LogP contribution in [0.15, 0.2) is 0 Å². The summed E-state index contributed by atoms with van der Waals surface area (Å²) in [6.07, 6.45) is 11.6. The van der Waals surface area contributed by atoms with Crippen molar-refractivity contribution in [3.05, 3.63) is 0 Å². The monoisotopic (exact) mass is 332 g/mol. The number of fused-ring (bicyclic) bond motifs is 5. The number of carbonyl (C=O) groups is 1. The highest BCUT2D eigenvalue weighted by Gasteiger charge is 2.60. The highest BCUT2D eigenvalue weighted by atomic mass is 16.3. The summed E-state index contributed by atoms with van der Waals surface area (Å²) in [4.78, 5) is 12.2. The fourth-order valence-electron chi connectivity index (χ4n) is 8.18. The van der Waals surface area contributed by atoms with E-state index in [2.05, 4.69) is 13.8 Å². The first-order chi connectivity index (χ1) is 11.4. The third-order valence-corrected chi connectivity index (χ3v) is 9.52. The first kappa shape index (κ1) is 17.1. The lowest BCUT2D eigenvalue weighted by Gasteiger charge is -2.61. The van der Waals surface area contributed by atoms with Crippen molar-refractivity contribution < 1.29 is 9.90 Å². The van der Waals surface area contributed by atoms with E-state index in [4.69, 9.17) is 0 Å². The van der Waals surface area contributed by atoms with E-state index in [-0.39, 0.29) is 0 Å². The van der Waals surface area contributed by atoms with Gasteiger partial charge in [0, 0.05) is 12.5 Å².